The Balaban J connectivity index is 1.64. The van der Waals surface area contributed by atoms with Gasteiger partial charge in [-0.3, -0.25) is 0 Å². The molecule has 5 atom stereocenters. The predicted molar refractivity (Wildman–Crippen MR) is 118 cm³/mol. The van der Waals surface area contributed by atoms with Crippen LogP contribution in [0.3, 0.4) is 0 Å². The molecule has 0 radical (unpaired) electrons. The van der Waals surface area contributed by atoms with Gasteiger partial charge in [-0.25, -0.2) is 0 Å². The topological polar surface area (TPSA) is 40.5 Å². The SMILES string of the molecule is C=C1[C@H](O)CC(=CC=C2CCC[C@]3(C)[C@@H](CCCCC(C)C)CC[C@@H]23)C[C@H]1O. The summed E-state index contributed by atoms with van der Waals surface area (Å²) in [4.78, 5) is 0. The molecule has 3 aliphatic rings. The Morgan fingerprint density at radius 3 is 2.50 bits per heavy atom. The van der Waals surface area contributed by atoms with E-state index in [2.05, 4.69) is 39.5 Å². The van der Waals surface area contributed by atoms with Crippen LogP contribution >= 0.6 is 0 Å². The summed E-state index contributed by atoms with van der Waals surface area (Å²) in [5.74, 6) is 2.46. The average Bonchev–Trinajstić information content (AvgIpc) is 2.98. The first-order valence-electron chi connectivity index (χ1n) is 11.7. The van der Waals surface area contributed by atoms with E-state index in [-0.39, 0.29) is 0 Å². The number of rotatable bonds is 6. The van der Waals surface area contributed by atoms with Crippen LogP contribution < -0.4 is 0 Å². The Labute approximate surface area is 172 Å². The van der Waals surface area contributed by atoms with Crippen LogP contribution in [-0.2, 0) is 0 Å². The molecule has 0 aromatic heterocycles. The number of aliphatic hydroxyl groups is 2. The van der Waals surface area contributed by atoms with Gasteiger partial charge in [0.1, 0.15) is 0 Å². The van der Waals surface area contributed by atoms with Gasteiger partial charge in [0.05, 0.1) is 12.2 Å². The second-order valence-corrected chi connectivity index (χ2v) is 10.4. The minimum atomic E-state index is -0.591. The van der Waals surface area contributed by atoms with Crippen LogP contribution in [0.5, 0.6) is 0 Å². The number of allylic oxidation sites excluding steroid dienone is 3. The molecule has 0 aliphatic heterocycles. The fourth-order valence-electron chi connectivity index (χ4n) is 6.19. The molecule has 3 rings (SSSR count). The van der Waals surface area contributed by atoms with Crippen molar-refractivity contribution >= 4 is 0 Å². The molecule has 2 N–H and O–H groups in total. The molecule has 0 aromatic carbocycles. The lowest BCUT2D eigenvalue weighted by molar-refractivity contribution is 0.123. The summed E-state index contributed by atoms with van der Waals surface area (Å²) in [5.41, 5.74) is 3.85. The minimum absolute atomic E-state index is 0.486. The molecule has 2 heteroatoms. The van der Waals surface area contributed by atoms with Crippen molar-refractivity contribution in [1.82, 2.24) is 0 Å². The monoisotopic (exact) mass is 386 g/mol. The fourth-order valence-corrected chi connectivity index (χ4v) is 6.19. The summed E-state index contributed by atoms with van der Waals surface area (Å²) in [7, 11) is 0. The van der Waals surface area contributed by atoms with Crippen LogP contribution in [0.4, 0.5) is 0 Å². The molecule has 0 bridgehead atoms. The number of aliphatic hydroxyl groups excluding tert-OH is 2. The minimum Gasteiger partial charge on any atom is -0.388 e. The Morgan fingerprint density at radius 2 is 1.82 bits per heavy atom. The molecule has 3 aliphatic carbocycles. The summed E-state index contributed by atoms with van der Waals surface area (Å²) in [6.07, 6.45) is 16.9. The zero-order valence-corrected chi connectivity index (χ0v) is 18.4. The molecule has 3 fully saturated rings. The van der Waals surface area contributed by atoms with Crippen molar-refractivity contribution in [3.8, 4) is 0 Å². The molecule has 158 valence electrons. The van der Waals surface area contributed by atoms with E-state index in [0.29, 0.717) is 23.8 Å². The number of hydrogen-bond donors (Lipinski definition) is 2. The first-order valence-corrected chi connectivity index (χ1v) is 11.7. The standard InChI is InChI=1S/C26H42O2/c1-18(2)8-5-6-10-22-13-14-23-21(9-7-15-26(22,23)4)12-11-20-16-24(27)19(3)25(28)17-20/h11-12,18,22-25,27-28H,3,5-10,13-17H2,1-2,4H3/t22-,23-,24+,25+,26+/m0/s1. The molecule has 28 heavy (non-hydrogen) atoms. The molecule has 0 aromatic rings. The highest BCUT2D eigenvalue weighted by Crippen LogP contribution is 2.58. The van der Waals surface area contributed by atoms with Crippen molar-refractivity contribution in [2.45, 2.75) is 104 Å². The van der Waals surface area contributed by atoms with E-state index < -0.39 is 12.2 Å². The summed E-state index contributed by atoms with van der Waals surface area (Å²) >= 11 is 0. The van der Waals surface area contributed by atoms with Crippen LogP contribution in [0.2, 0.25) is 0 Å². The Bertz CT molecular complexity index is 598. The largest absolute Gasteiger partial charge is 0.388 e. The molecule has 0 unspecified atom stereocenters. The van der Waals surface area contributed by atoms with E-state index in [4.69, 9.17) is 0 Å². The average molecular weight is 387 g/mol. The summed E-state index contributed by atoms with van der Waals surface area (Å²) in [6, 6.07) is 0. The predicted octanol–water partition coefficient (Wildman–Crippen LogP) is 6.34. The van der Waals surface area contributed by atoms with Gasteiger partial charge in [-0.1, -0.05) is 69.9 Å². The highest BCUT2D eigenvalue weighted by molar-refractivity contribution is 5.29. The highest BCUT2D eigenvalue weighted by Gasteiger charge is 2.48. The molecular weight excluding hydrogens is 344 g/mol. The van der Waals surface area contributed by atoms with Gasteiger partial charge >= 0.3 is 0 Å². The third-order valence-corrected chi connectivity index (χ3v) is 8.05. The summed E-state index contributed by atoms with van der Waals surface area (Å²) in [6.45, 7) is 11.1. The maximum Gasteiger partial charge on any atom is 0.0809 e. The fraction of sp³-hybridized carbons (Fsp3) is 0.769. The molecule has 0 amide bonds. The molecule has 0 saturated heterocycles. The molecule has 3 saturated carbocycles. The first-order chi connectivity index (χ1) is 13.3. The maximum atomic E-state index is 10.1. The van der Waals surface area contributed by atoms with Gasteiger partial charge in [-0.15, -0.1) is 0 Å². The van der Waals surface area contributed by atoms with E-state index in [1.54, 1.807) is 5.57 Å². The quantitative estimate of drug-likeness (QED) is 0.413. The lowest BCUT2D eigenvalue weighted by Crippen LogP contribution is -2.33. The number of fused-ring (bicyclic) bond motifs is 1. The number of hydrogen-bond acceptors (Lipinski definition) is 2. The Morgan fingerprint density at radius 1 is 1.11 bits per heavy atom. The third kappa shape index (κ3) is 4.82. The van der Waals surface area contributed by atoms with E-state index in [9.17, 15) is 10.2 Å². The van der Waals surface area contributed by atoms with Gasteiger partial charge in [-0.2, -0.15) is 0 Å². The van der Waals surface area contributed by atoms with Crippen molar-refractivity contribution in [3.05, 3.63) is 35.5 Å². The van der Waals surface area contributed by atoms with E-state index >= 15 is 0 Å². The van der Waals surface area contributed by atoms with Crippen molar-refractivity contribution in [1.29, 1.82) is 0 Å². The van der Waals surface area contributed by atoms with Gasteiger partial charge in [-0.05, 0) is 80.1 Å². The molecule has 0 heterocycles. The van der Waals surface area contributed by atoms with Gasteiger partial charge in [0.15, 0.2) is 0 Å². The van der Waals surface area contributed by atoms with Gasteiger partial charge in [0, 0.05) is 0 Å². The van der Waals surface area contributed by atoms with Crippen LogP contribution in [0.25, 0.3) is 0 Å². The van der Waals surface area contributed by atoms with Crippen molar-refractivity contribution in [3.63, 3.8) is 0 Å². The highest BCUT2D eigenvalue weighted by atomic mass is 16.3. The lowest BCUT2D eigenvalue weighted by atomic mass is 9.62. The normalized spacial score (nSPS) is 37.6. The van der Waals surface area contributed by atoms with Gasteiger partial charge in [0.2, 0.25) is 0 Å². The van der Waals surface area contributed by atoms with Gasteiger partial charge < -0.3 is 10.2 Å². The molecular formula is C26H42O2. The second-order valence-electron chi connectivity index (χ2n) is 10.4. The second kappa shape index (κ2) is 9.30. The zero-order chi connectivity index (χ0) is 20.3. The van der Waals surface area contributed by atoms with Crippen LogP contribution in [0.1, 0.15) is 91.4 Å². The Hall–Kier alpha value is -0.860. The van der Waals surface area contributed by atoms with Crippen molar-refractivity contribution in [2.75, 3.05) is 0 Å². The first kappa shape index (κ1) is 21.8. The summed E-state index contributed by atoms with van der Waals surface area (Å²) < 4.78 is 0. The van der Waals surface area contributed by atoms with Crippen molar-refractivity contribution in [2.24, 2.45) is 23.2 Å². The van der Waals surface area contributed by atoms with E-state index in [1.165, 1.54) is 57.8 Å². The lowest BCUT2D eigenvalue weighted by Gasteiger charge is -2.42. The smallest absolute Gasteiger partial charge is 0.0809 e. The van der Waals surface area contributed by atoms with Crippen LogP contribution in [0, 0.1) is 23.2 Å². The number of unbranched alkanes of at least 4 members (excludes halogenated alkanes) is 1. The van der Waals surface area contributed by atoms with Crippen molar-refractivity contribution < 1.29 is 10.2 Å². The molecule has 2 nitrogen and oxygen atoms in total. The zero-order valence-electron chi connectivity index (χ0n) is 18.4. The van der Waals surface area contributed by atoms with Crippen LogP contribution in [-0.4, -0.2) is 22.4 Å². The van der Waals surface area contributed by atoms with Crippen LogP contribution in [0.15, 0.2) is 35.5 Å². The van der Waals surface area contributed by atoms with Gasteiger partial charge in [0.25, 0.3) is 0 Å². The van der Waals surface area contributed by atoms with E-state index in [0.717, 1.165) is 23.3 Å². The Kier molecular flexibility index (Phi) is 7.26. The maximum absolute atomic E-state index is 10.1. The molecule has 0 spiro atoms. The third-order valence-electron chi connectivity index (χ3n) is 8.05. The van der Waals surface area contributed by atoms with E-state index in [1.807, 2.05) is 0 Å². The summed E-state index contributed by atoms with van der Waals surface area (Å²) in [5, 5.41) is 20.2.